The number of benzene rings is 1. The number of ether oxygens (including phenoxy) is 1. The van der Waals surface area contributed by atoms with Gasteiger partial charge in [0, 0.05) is 6.04 Å². The van der Waals surface area contributed by atoms with E-state index in [0.717, 1.165) is 45.2 Å². The van der Waals surface area contributed by atoms with Crippen molar-refractivity contribution in [3.05, 3.63) is 35.9 Å². The summed E-state index contributed by atoms with van der Waals surface area (Å²) >= 11 is 0. The third-order valence-corrected chi connectivity index (χ3v) is 7.69. The number of methoxy groups -OCH3 is 1. The highest BCUT2D eigenvalue weighted by atomic mass is 16.5. The van der Waals surface area contributed by atoms with Crippen molar-refractivity contribution in [1.29, 1.82) is 0 Å². The van der Waals surface area contributed by atoms with Crippen LogP contribution in [0.1, 0.15) is 57.9 Å². The number of likely N-dealkylation sites (tertiary alicyclic amines) is 1. The Hall–Kier alpha value is -1.88. The fourth-order valence-electron chi connectivity index (χ4n) is 6.11. The van der Waals surface area contributed by atoms with E-state index in [9.17, 15) is 9.59 Å². The largest absolute Gasteiger partial charge is 0.469 e. The van der Waals surface area contributed by atoms with E-state index >= 15 is 0 Å². The zero-order valence-electron chi connectivity index (χ0n) is 18.2. The van der Waals surface area contributed by atoms with Crippen molar-refractivity contribution in [2.45, 2.75) is 64.8 Å². The fraction of sp³-hybridized carbons (Fsp3) is 0.692. The molecule has 0 bridgehead atoms. The van der Waals surface area contributed by atoms with Gasteiger partial charge in [0.05, 0.1) is 19.6 Å². The van der Waals surface area contributed by atoms with Gasteiger partial charge in [0.2, 0.25) is 5.91 Å². The van der Waals surface area contributed by atoms with Crippen molar-refractivity contribution in [1.82, 2.24) is 10.2 Å². The lowest BCUT2D eigenvalue weighted by atomic mass is 9.80. The van der Waals surface area contributed by atoms with Crippen LogP contribution in [-0.4, -0.2) is 49.6 Å². The van der Waals surface area contributed by atoms with E-state index in [2.05, 4.69) is 40.5 Å². The summed E-state index contributed by atoms with van der Waals surface area (Å²) in [4.78, 5) is 27.5. The number of amides is 1. The first-order valence-electron chi connectivity index (χ1n) is 11.8. The molecular weight excluding hydrogens is 388 g/mol. The number of nitrogens with one attached hydrogen (secondary N) is 1. The zero-order valence-corrected chi connectivity index (χ0v) is 18.2. The van der Waals surface area contributed by atoms with Crippen molar-refractivity contribution in [3.63, 3.8) is 0 Å². The maximum atomic E-state index is 12.9. The number of carbonyl (C=O) groups is 2. The van der Waals surface area contributed by atoms with Crippen LogP contribution in [0.2, 0.25) is 0 Å². The molecule has 3 aliphatic rings. The highest BCUT2D eigenvalue weighted by Crippen LogP contribution is 2.45. The molecule has 4 unspecified atom stereocenters. The number of carbonyl (C=O) groups excluding carboxylic acids is 2. The minimum Gasteiger partial charge on any atom is -0.469 e. The number of esters is 1. The van der Waals surface area contributed by atoms with E-state index in [0.29, 0.717) is 24.3 Å². The van der Waals surface area contributed by atoms with Crippen molar-refractivity contribution in [3.8, 4) is 0 Å². The highest BCUT2D eigenvalue weighted by Gasteiger charge is 2.48. The first-order valence-corrected chi connectivity index (χ1v) is 11.8. The molecule has 5 heteroatoms. The lowest BCUT2D eigenvalue weighted by molar-refractivity contribution is -0.146. The second-order valence-electron chi connectivity index (χ2n) is 9.58. The van der Waals surface area contributed by atoms with E-state index in [1.54, 1.807) is 0 Å². The molecule has 172 valence electrons. The average Bonchev–Trinajstić information content (AvgIpc) is 3.13. The molecule has 31 heavy (non-hydrogen) atoms. The molecule has 1 aromatic rings. The molecule has 1 N–H and O–H groups in total. The van der Waals surface area contributed by atoms with Gasteiger partial charge >= 0.3 is 5.97 Å². The smallest absolute Gasteiger partial charge is 0.310 e. The Kier molecular flexibility index (Phi) is 8.53. The van der Waals surface area contributed by atoms with Crippen LogP contribution in [0, 0.1) is 23.7 Å². The summed E-state index contributed by atoms with van der Waals surface area (Å²) in [6.07, 6.45) is 9.03. The van der Waals surface area contributed by atoms with Gasteiger partial charge in [-0.2, -0.15) is 0 Å². The minimum absolute atomic E-state index is 0. The van der Waals surface area contributed by atoms with Crippen molar-refractivity contribution < 1.29 is 14.3 Å². The molecule has 1 saturated heterocycles. The Balaban J connectivity index is 0.00000272. The Morgan fingerprint density at radius 3 is 2.48 bits per heavy atom. The summed E-state index contributed by atoms with van der Waals surface area (Å²) in [7, 11) is 1.46. The Morgan fingerprint density at radius 1 is 1.06 bits per heavy atom. The van der Waals surface area contributed by atoms with E-state index < -0.39 is 0 Å². The van der Waals surface area contributed by atoms with Crippen LogP contribution in [0.4, 0.5) is 0 Å². The van der Waals surface area contributed by atoms with Gasteiger partial charge in [0.25, 0.3) is 0 Å². The van der Waals surface area contributed by atoms with Gasteiger partial charge in [-0.1, -0.05) is 57.0 Å². The molecule has 0 spiro atoms. The molecule has 4 atom stereocenters. The quantitative estimate of drug-likeness (QED) is 0.694. The van der Waals surface area contributed by atoms with E-state index in [-0.39, 0.29) is 31.3 Å². The molecule has 4 rings (SSSR count). The zero-order chi connectivity index (χ0) is 20.9. The standard InChI is InChI=1S/C25H36N2O3.CH4/c1-30-25(29)22-16-20-9-5-6-10-21(20)24(22)26-23(28)17-27-13-11-19(12-14-27)15-18-7-3-2-4-8-18;/h2-4,7-8,19-22,24H,5-6,9-17H2,1H3,(H,26,28);1H4. The maximum absolute atomic E-state index is 12.9. The SMILES string of the molecule is C.COC(=O)C1CC2CCCCC2C1NC(=O)CN1CCC(Cc2ccccc2)CC1. The number of hydrogen-bond acceptors (Lipinski definition) is 4. The number of hydrogen-bond donors (Lipinski definition) is 1. The van der Waals surface area contributed by atoms with Gasteiger partial charge in [0.1, 0.15) is 0 Å². The lowest BCUT2D eigenvalue weighted by Crippen LogP contribution is -2.49. The van der Waals surface area contributed by atoms with E-state index in [1.807, 2.05) is 0 Å². The van der Waals surface area contributed by atoms with Crippen molar-refractivity contribution >= 4 is 11.9 Å². The van der Waals surface area contributed by atoms with Crippen LogP contribution in [0.15, 0.2) is 30.3 Å². The maximum Gasteiger partial charge on any atom is 0.310 e. The molecular formula is C26H40N2O3. The van der Waals surface area contributed by atoms with Crippen molar-refractivity contribution in [2.75, 3.05) is 26.7 Å². The third-order valence-electron chi connectivity index (χ3n) is 7.69. The first-order chi connectivity index (χ1) is 14.6. The summed E-state index contributed by atoms with van der Waals surface area (Å²) in [6, 6.07) is 10.6. The van der Waals surface area contributed by atoms with Gasteiger partial charge in [-0.25, -0.2) is 0 Å². The molecule has 2 saturated carbocycles. The Bertz CT molecular complexity index is 715. The number of nitrogens with zero attached hydrogens (tertiary/aromatic N) is 1. The van der Waals surface area contributed by atoms with Gasteiger partial charge < -0.3 is 10.1 Å². The number of rotatable bonds is 6. The van der Waals surface area contributed by atoms with Crippen LogP contribution in [0.3, 0.4) is 0 Å². The molecule has 0 radical (unpaired) electrons. The van der Waals surface area contributed by atoms with E-state index in [4.69, 9.17) is 4.74 Å². The molecule has 5 nitrogen and oxygen atoms in total. The van der Waals surface area contributed by atoms with Crippen LogP contribution < -0.4 is 5.32 Å². The average molecular weight is 429 g/mol. The molecule has 3 fully saturated rings. The molecule has 1 heterocycles. The van der Waals surface area contributed by atoms with Gasteiger partial charge in [-0.05, 0) is 68.5 Å². The van der Waals surface area contributed by atoms with Crippen LogP contribution >= 0.6 is 0 Å². The first kappa shape index (κ1) is 23.8. The van der Waals surface area contributed by atoms with Crippen molar-refractivity contribution in [2.24, 2.45) is 23.7 Å². The van der Waals surface area contributed by atoms with Crippen LogP contribution in [-0.2, 0) is 20.7 Å². The lowest BCUT2D eigenvalue weighted by Gasteiger charge is -2.33. The number of piperidine rings is 1. The van der Waals surface area contributed by atoms with Gasteiger partial charge in [0.15, 0.2) is 0 Å². The predicted octanol–water partition coefficient (Wildman–Crippen LogP) is 4.06. The molecule has 1 aromatic carbocycles. The third kappa shape index (κ3) is 5.88. The highest BCUT2D eigenvalue weighted by molar-refractivity contribution is 5.80. The second kappa shape index (κ2) is 11.1. The van der Waals surface area contributed by atoms with Crippen LogP contribution in [0.5, 0.6) is 0 Å². The molecule has 1 aliphatic heterocycles. The predicted molar refractivity (Wildman–Crippen MR) is 124 cm³/mol. The normalized spacial score (nSPS) is 28.9. The molecule has 1 amide bonds. The monoisotopic (exact) mass is 428 g/mol. The minimum atomic E-state index is -0.177. The topological polar surface area (TPSA) is 58.6 Å². The fourth-order valence-corrected chi connectivity index (χ4v) is 6.11. The summed E-state index contributed by atoms with van der Waals surface area (Å²) in [5, 5.41) is 3.26. The second-order valence-corrected chi connectivity index (χ2v) is 9.58. The Labute approximate surface area is 187 Å². The Morgan fingerprint density at radius 2 is 1.77 bits per heavy atom. The number of fused-ring (bicyclic) bond motifs is 1. The summed E-state index contributed by atoms with van der Waals surface area (Å²) in [5.41, 5.74) is 1.41. The van der Waals surface area contributed by atoms with Gasteiger partial charge in [-0.3, -0.25) is 14.5 Å². The summed E-state index contributed by atoms with van der Waals surface area (Å²) < 4.78 is 5.06. The molecule has 0 aromatic heterocycles. The van der Waals surface area contributed by atoms with Crippen LogP contribution in [0.25, 0.3) is 0 Å². The van der Waals surface area contributed by atoms with E-state index in [1.165, 1.54) is 31.9 Å². The van der Waals surface area contributed by atoms with Gasteiger partial charge in [-0.15, -0.1) is 0 Å². The molecule has 2 aliphatic carbocycles. The summed E-state index contributed by atoms with van der Waals surface area (Å²) in [5.74, 6) is 1.43. The summed E-state index contributed by atoms with van der Waals surface area (Å²) in [6.45, 7) is 2.39.